The fraction of sp³-hybridized carbons (Fsp3) is 0. The molecule has 0 bridgehead atoms. The highest BCUT2D eigenvalue weighted by atomic mass is 14.7. The third-order valence-electron chi connectivity index (χ3n) is 3.51. The van der Waals surface area contributed by atoms with Gasteiger partial charge in [-0.1, -0.05) is 61.1 Å². The Balaban J connectivity index is 2.51. The van der Waals surface area contributed by atoms with Gasteiger partial charge in [0.2, 0.25) is 0 Å². The van der Waals surface area contributed by atoms with E-state index in [1.165, 1.54) is 5.39 Å². The Morgan fingerprint density at radius 3 is 2.60 bits per heavy atom. The zero-order valence-corrected chi connectivity index (χ0v) is 11.2. The van der Waals surface area contributed by atoms with Gasteiger partial charge in [-0.15, -0.1) is 0 Å². The fourth-order valence-corrected chi connectivity index (χ4v) is 2.65. The van der Waals surface area contributed by atoms with Gasteiger partial charge in [0, 0.05) is 21.8 Å². The summed E-state index contributed by atoms with van der Waals surface area (Å²) >= 11 is 0. The number of aromatic amines is 1. The monoisotopic (exact) mass is 255 g/mol. The lowest BCUT2D eigenvalue weighted by molar-refractivity contribution is 1.55. The number of benzene rings is 2. The van der Waals surface area contributed by atoms with Crippen molar-refractivity contribution in [1.29, 1.82) is 0 Å². The van der Waals surface area contributed by atoms with Crippen molar-refractivity contribution in [1.82, 2.24) is 4.98 Å². The first-order valence-electron chi connectivity index (χ1n) is 6.50. The van der Waals surface area contributed by atoms with E-state index in [1.54, 1.807) is 6.08 Å². The molecule has 2 heteroatoms. The van der Waals surface area contributed by atoms with Gasteiger partial charge in [0.25, 0.3) is 0 Å². The van der Waals surface area contributed by atoms with Gasteiger partial charge in [-0.05, 0) is 23.3 Å². The standard InChI is InChI=1S/C18H14BN/c1-3-7-12(4-2)17-14(19)10-11-16-18(17)13-8-5-6-9-15(13)20-16/h3-11,20H,1-2H2/b12-7+. The zero-order valence-electron chi connectivity index (χ0n) is 11.2. The molecular formula is C18H14BN. The smallest absolute Gasteiger partial charge is 0.114 e. The second-order valence-corrected chi connectivity index (χ2v) is 4.68. The van der Waals surface area contributed by atoms with Crippen LogP contribution in [0.1, 0.15) is 5.56 Å². The number of nitrogens with one attached hydrogen (secondary N) is 1. The Morgan fingerprint density at radius 2 is 1.85 bits per heavy atom. The fourth-order valence-electron chi connectivity index (χ4n) is 2.65. The Bertz CT molecular complexity index is 852. The molecule has 0 saturated heterocycles. The van der Waals surface area contributed by atoms with E-state index >= 15 is 0 Å². The normalized spacial score (nSPS) is 11.9. The minimum atomic E-state index is 0.746. The van der Waals surface area contributed by atoms with Crippen LogP contribution in [0.3, 0.4) is 0 Å². The molecule has 20 heavy (non-hydrogen) atoms. The maximum absolute atomic E-state index is 6.21. The summed E-state index contributed by atoms with van der Waals surface area (Å²) < 4.78 is 0. The molecule has 0 spiro atoms. The van der Waals surface area contributed by atoms with Gasteiger partial charge in [-0.2, -0.15) is 0 Å². The molecule has 0 atom stereocenters. The van der Waals surface area contributed by atoms with Crippen LogP contribution >= 0.6 is 0 Å². The summed E-state index contributed by atoms with van der Waals surface area (Å²) in [5.41, 5.74) is 4.92. The van der Waals surface area contributed by atoms with E-state index in [9.17, 15) is 0 Å². The Kier molecular flexibility index (Phi) is 3.07. The van der Waals surface area contributed by atoms with Crippen molar-refractivity contribution in [2.24, 2.45) is 0 Å². The van der Waals surface area contributed by atoms with Crippen LogP contribution in [0.4, 0.5) is 0 Å². The Hall–Kier alpha value is -2.48. The summed E-state index contributed by atoms with van der Waals surface area (Å²) in [4.78, 5) is 3.42. The number of aromatic nitrogens is 1. The van der Waals surface area contributed by atoms with Crippen LogP contribution in [0.25, 0.3) is 27.4 Å². The number of fused-ring (bicyclic) bond motifs is 3. The van der Waals surface area contributed by atoms with Crippen LogP contribution in [0.15, 0.2) is 67.8 Å². The van der Waals surface area contributed by atoms with E-state index < -0.39 is 0 Å². The van der Waals surface area contributed by atoms with Gasteiger partial charge >= 0.3 is 0 Å². The van der Waals surface area contributed by atoms with Gasteiger partial charge in [0.05, 0.1) is 0 Å². The average Bonchev–Trinajstić information content (AvgIpc) is 2.84. The quantitative estimate of drug-likeness (QED) is 0.540. The van der Waals surface area contributed by atoms with E-state index in [1.807, 2.05) is 36.4 Å². The van der Waals surface area contributed by atoms with Crippen LogP contribution in [-0.4, -0.2) is 12.8 Å². The third kappa shape index (κ3) is 1.81. The molecule has 0 saturated carbocycles. The summed E-state index contributed by atoms with van der Waals surface area (Å²) in [5, 5.41) is 2.30. The van der Waals surface area contributed by atoms with Crippen molar-refractivity contribution >= 4 is 40.7 Å². The first-order chi connectivity index (χ1) is 9.76. The summed E-state index contributed by atoms with van der Waals surface area (Å²) in [6.07, 6.45) is 5.50. The number of H-pyrrole nitrogens is 1. The van der Waals surface area contributed by atoms with Crippen molar-refractivity contribution in [2.75, 3.05) is 0 Å². The number of hydrogen-bond donors (Lipinski definition) is 1. The second kappa shape index (κ2) is 4.89. The molecule has 1 N–H and O–H groups in total. The first-order valence-corrected chi connectivity index (χ1v) is 6.50. The van der Waals surface area contributed by atoms with Crippen LogP contribution in [0.5, 0.6) is 0 Å². The summed E-state index contributed by atoms with van der Waals surface area (Å²) in [6.45, 7) is 7.65. The molecule has 0 fully saturated rings. The maximum Gasteiger partial charge on any atom is 0.114 e. The topological polar surface area (TPSA) is 15.8 Å². The molecule has 0 aliphatic heterocycles. The lowest BCUT2D eigenvalue weighted by Crippen LogP contribution is -2.09. The largest absolute Gasteiger partial charge is 0.354 e. The van der Waals surface area contributed by atoms with Gasteiger partial charge in [0.1, 0.15) is 7.85 Å². The Labute approximate surface area is 119 Å². The highest BCUT2D eigenvalue weighted by Gasteiger charge is 2.12. The van der Waals surface area contributed by atoms with Gasteiger partial charge in [0.15, 0.2) is 0 Å². The number of para-hydroxylation sites is 1. The summed E-state index contributed by atoms with van der Waals surface area (Å²) in [7, 11) is 6.21. The average molecular weight is 255 g/mol. The predicted octanol–water partition coefficient (Wildman–Crippen LogP) is 3.87. The van der Waals surface area contributed by atoms with Crippen molar-refractivity contribution in [2.45, 2.75) is 0 Å². The highest BCUT2D eigenvalue weighted by molar-refractivity contribution is 6.37. The van der Waals surface area contributed by atoms with E-state index in [4.69, 9.17) is 7.85 Å². The molecule has 3 rings (SSSR count). The summed E-state index contributed by atoms with van der Waals surface area (Å²) in [6, 6.07) is 12.2. The van der Waals surface area contributed by atoms with E-state index in [-0.39, 0.29) is 0 Å². The molecule has 0 unspecified atom stereocenters. The van der Waals surface area contributed by atoms with Gasteiger partial charge in [-0.25, -0.2) is 0 Å². The zero-order chi connectivity index (χ0) is 14.1. The van der Waals surface area contributed by atoms with Crippen molar-refractivity contribution < 1.29 is 0 Å². The SMILES string of the molecule is [B]c1ccc2[nH]c3ccccc3c2c1/C(C=C)=C/C=C. The molecule has 2 aromatic carbocycles. The number of rotatable bonds is 3. The molecule has 94 valence electrons. The third-order valence-corrected chi connectivity index (χ3v) is 3.51. The van der Waals surface area contributed by atoms with E-state index in [0.29, 0.717) is 0 Å². The minimum Gasteiger partial charge on any atom is -0.354 e. The molecule has 3 aromatic rings. The maximum atomic E-state index is 6.21. The Morgan fingerprint density at radius 1 is 1.05 bits per heavy atom. The van der Waals surface area contributed by atoms with Crippen molar-refractivity contribution in [3.63, 3.8) is 0 Å². The molecule has 0 aliphatic rings. The van der Waals surface area contributed by atoms with Crippen LogP contribution in [0, 0.1) is 0 Å². The van der Waals surface area contributed by atoms with E-state index in [2.05, 4.69) is 30.3 Å². The molecule has 1 heterocycles. The number of hydrogen-bond acceptors (Lipinski definition) is 0. The van der Waals surface area contributed by atoms with Crippen molar-refractivity contribution in [3.05, 3.63) is 73.3 Å². The first kappa shape index (κ1) is 12.6. The van der Waals surface area contributed by atoms with E-state index in [0.717, 1.165) is 33.0 Å². The predicted molar refractivity (Wildman–Crippen MR) is 89.6 cm³/mol. The van der Waals surface area contributed by atoms with Crippen molar-refractivity contribution in [3.8, 4) is 0 Å². The lowest BCUT2D eigenvalue weighted by Gasteiger charge is -2.09. The molecule has 1 aromatic heterocycles. The lowest BCUT2D eigenvalue weighted by atomic mass is 9.84. The van der Waals surface area contributed by atoms with Crippen LogP contribution < -0.4 is 5.46 Å². The van der Waals surface area contributed by atoms with Gasteiger partial charge in [-0.3, -0.25) is 0 Å². The molecule has 0 aliphatic carbocycles. The van der Waals surface area contributed by atoms with Crippen LogP contribution in [0.2, 0.25) is 0 Å². The minimum absolute atomic E-state index is 0.746. The molecule has 1 nitrogen and oxygen atoms in total. The molecular weight excluding hydrogens is 241 g/mol. The highest BCUT2D eigenvalue weighted by Crippen LogP contribution is 2.31. The molecule has 0 amide bonds. The van der Waals surface area contributed by atoms with Crippen LogP contribution in [-0.2, 0) is 0 Å². The summed E-state index contributed by atoms with van der Waals surface area (Å²) in [5.74, 6) is 0. The molecule has 2 radical (unpaired) electrons. The number of allylic oxidation sites excluding steroid dienone is 4. The second-order valence-electron chi connectivity index (χ2n) is 4.68. The van der Waals surface area contributed by atoms with Gasteiger partial charge < -0.3 is 4.98 Å².